The van der Waals surface area contributed by atoms with E-state index in [1.807, 2.05) is 12.1 Å². The first kappa shape index (κ1) is 30.1. The van der Waals surface area contributed by atoms with Gasteiger partial charge in [0.2, 0.25) is 0 Å². The Labute approximate surface area is 251 Å². The highest BCUT2D eigenvalue weighted by molar-refractivity contribution is 6.08. The molecule has 3 aliphatic rings. The summed E-state index contributed by atoms with van der Waals surface area (Å²) in [5, 5.41) is 51.9. The molecule has 1 aromatic heterocycles. The molecule has 2 aromatic carbocycles. The molecule has 0 aliphatic carbocycles. The third-order valence-corrected chi connectivity index (χ3v) is 9.04. The number of piperidine rings is 1. The molecule has 2 unspecified atom stereocenters. The van der Waals surface area contributed by atoms with Crippen LogP contribution in [0.4, 0.5) is 0 Å². The van der Waals surface area contributed by atoms with Gasteiger partial charge in [0.1, 0.15) is 36.6 Å². The average molecular weight is 589 g/mol. The average Bonchev–Trinajstić information content (AvgIpc) is 3.35. The molecule has 4 heterocycles. The van der Waals surface area contributed by atoms with Gasteiger partial charge in [-0.05, 0) is 76.5 Å². The summed E-state index contributed by atoms with van der Waals surface area (Å²) in [5.41, 5.74) is 3.83. The molecule has 3 aliphatic heterocycles. The zero-order chi connectivity index (χ0) is 30.1. The molecule has 228 valence electrons. The van der Waals surface area contributed by atoms with Crippen LogP contribution in [0, 0.1) is 23.7 Å². The lowest BCUT2D eigenvalue weighted by atomic mass is 9.95. The van der Waals surface area contributed by atoms with E-state index >= 15 is 0 Å². The predicted octanol–water partition coefficient (Wildman–Crippen LogP) is 1.54. The molecule has 6 rings (SSSR count). The van der Waals surface area contributed by atoms with E-state index in [0.717, 1.165) is 78.1 Å². The van der Waals surface area contributed by atoms with Gasteiger partial charge in [-0.15, -0.1) is 0 Å². The Hall–Kier alpha value is -2.96. The van der Waals surface area contributed by atoms with Gasteiger partial charge in [-0.2, -0.15) is 0 Å². The Kier molecular flexibility index (Phi) is 9.06. The number of ether oxygens (including phenoxy) is 2. The highest BCUT2D eigenvalue weighted by Crippen LogP contribution is 2.36. The number of benzene rings is 2. The van der Waals surface area contributed by atoms with Crippen LogP contribution in [0.5, 0.6) is 0 Å². The van der Waals surface area contributed by atoms with Crippen molar-refractivity contribution in [1.82, 2.24) is 9.47 Å². The van der Waals surface area contributed by atoms with Crippen LogP contribution in [0.2, 0.25) is 0 Å². The summed E-state index contributed by atoms with van der Waals surface area (Å²) in [6.45, 7) is 1.55. The Morgan fingerprint density at radius 1 is 0.767 bits per heavy atom. The molecule has 3 fully saturated rings. The smallest absolute Gasteiger partial charge is 0.147 e. The molecular formula is C34H40N2O7. The summed E-state index contributed by atoms with van der Waals surface area (Å²) >= 11 is 0. The van der Waals surface area contributed by atoms with Gasteiger partial charge < -0.3 is 44.5 Å². The van der Waals surface area contributed by atoms with Crippen molar-refractivity contribution in [3.63, 3.8) is 0 Å². The SMILES string of the molecule is CN1CCC(n2c3cc(C#CC4CCCC(CO)O4)ccc3c3ccc(C#C[C@H]4O[C@H](CO)[C@@H](O)[C@H](O)[C@@H]4O)cc32)CC1. The number of aromatic nitrogens is 1. The fourth-order valence-electron chi connectivity index (χ4n) is 6.53. The number of nitrogens with zero attached hydrogens (tertiary/aromatic N) is 2. The van der Waals surface area contributed by atoms with Crippen molar-refractivity contribution in [3.8, 4) is 23.7 Å². The van der Waals surface area contributed by atoms with Gasteiger partial charge in [-0.1, -0.05) is 35.8 Å². The maximum atomic E-state index is 10.4. The predicted molar refractivity (Wildman–Crippen MR) is 162 cm³/mol. The number of aliphatic hydroxyl groups is 5. The van der Waals surface area contributed by atoms with Crippen molar-refractivity contribution in [3.05, 3.63) is 47.5 Å². The largest absolute Gasteiger partial charge is 0.394 e. The second-order valence-corrected chi connectivity index (χ2v) is 12.0. The zero-order valence-electron chi connectivity index (χ0n) is 24.4. The normalized spacial score (nSPS) is 30.5. The first-order valence-corrected chi connectivity index (χ1v) is 15.2. The van der Waals surface area contributed by atoms with Gasteiger partial charge in [-0.25, -0.2) is 0 Å². The molecule has 3 aromatic rings. The summed E-state index contributed by atoms with van der Waals surface area (Å²) < 4.78 is 13.9. The summed E-state index contributed by atoms with van der Waals surface area (Å²) in [4.78, 5) is 2.35. The third-order valence-electron chi connectivity index (χ3n) is 9.04. The molecule has 43 heavy (non-hydrogen) atoms. The van der Waals surface area contributed by atoms with E-state index in [9.17, 15) is 25.5 Å². The summed E-state index contributed by atoms with van der Waals surface area (Å²) in [7, 11) is 2.15. The van der Waals surface area contributed by atoms with Gasteiger partial charge in [0.05, 0.1) is 30.4 Å². The van der Waals surface area contributed by atoms with Crippen LogP contribution < -0.4 is 0 Å². The second kappa shape index (κ2) is 13.0. The van der Waals surface area contributed by atoms with Gasteiger partial charge in [0.15, 0.2) is 0 Å². The van der Waals surface area contributed by atoms with E-state index in [4.69, 9.17) is 9.47 Å². The molecule has 0 amide bonds. The second-order valence-electron chi connectivity index (χ2n) is 12.0. The van der Waals surface area contributed by atoms with Crippen molar-refractivity contribution in [2.24, 2.45) is 0 Å². The molecule has 9 heteroatoms. The molecular weight excluding hydrogens is 548 g/mol. The Balaban J connectivity index is 1.37. The molecule has 7 atom stereocenters. The van der Waals surface area contributed by atoms with Crippen LogP contribution >= 0.6 is 0 Å². The van der Waals surface area contributed by atoms with Gasteiger partial charge >= 0.3 is 0 Å². The molecule has 0 bridgehead atoms. The number of hydrogen-bond donors (Lipinski definition) is 5. The minimum Gasteiger partial charge on any atom is -0.394 e. The van der Waals surface area contributed by atoms with Crippen molar-refractivity contribution in [2.75, 3.05) is 33.4 Å². The molecule has 5 N–H and O–H groups in total. The maximum absolute atomic E-state index is 10.4. The number of likely N-dealkylation sites (tertiary alicyclic amines) is 1. The van der Waals surface area contributed by atoms with E-state index in [2.05, 4.69) is 64.5 Å². The first-order chi connectivity index (χ1) is 20.9. The zero-order valence-corrected chi connectivity index (χ0v) is 24.4. The molecule has 0 spiro atoms. The third kappa shape index (κ3) is 6.19. The number of fused-ring (bicyclic) bond motifs is 3. The fraction of sp³-hybridized carbons (Fsp3) is 0.529. The highest BCUT2D eigenvalue weighted by Gasteiger charge is 2.42. The van der Waals surface area contributed by atoms with E-state index in [1.165, 1.54) is 0 Å². The Bertz CT molecular complexity index is 1570. The Morgan fingerprint density at radius 2 is 1.42 bits per heavy atom. The van der Waals surface area contributed by atoms with E-state index in [-0.39, 0.29) is 18.8 Å². The van der Waals surface area contributed by atoms with Crippen LogP contribution in [0.25, 0.3) is 21.8 Å². The topological polar surface area (TPSA) is 128 Å². The van der Waals surface area contributed by atoms with Gasteiger partial charge in [-0.3, -0.25) is 0 Å². The van der Waals surface area contributed by atoms with Crippen LogP contribution in [-0.4, -0.2) is 111 Å². The molecule has 0 radical (unpaired) electrons. The maximum Gasteiger partial charge on any atom is 0.147 e. The quantitative estimate of drug-likeness (QED) is 0.292. The highest BCUT2D eigenvalue weighted by atomic mass is 16.5. The van der Waals surface area contributed by atoms with Crippen LogP contribution in [0.3, 0.4) is 0 Å². The number of aliphatic hydroxyl groups excluding tert-OH is 5. The Morgan fingerprint density at radius 3 is 2.05 bits per heavy atom. The molecule has 3 saturated heterocycles. The number of rotatable bonds is 3. The summed E-state index contributed by atoms with van der Waals surface area (Å²) in [5.74, 6) is 12.6. The first-order valence-electron chi connectivity index (χ1n) is 15.2. The molecule has 9 nitrogen and oxygen atoms in total. The monoisotopic (exact) mass is 588 g/mol. The van der Waals surface area contributed by atoms with E-state index in [1.54, 1.807) is 0 Å². The minimum absolute atomic E-state index is 0.0235. The van der Waals surface area contributed by atoms with Crippen molar-refractivity contribution >= 4 is 21.8 Å². The van der Waals surface area contributed by atoms with E-state index < -0.39 is 37.1 Å². The lowest BCUT2D eigenvalue weighted by Crippen LogP contribution is -2.58. The van der Waals surface area contributed by atoms with Gasteiger partial charge in [0, 0.05) is 27.9 Å². The summed E-state index contributed by atoms with van der Waals surface area (Å²) in [6.07, 6.45) is -1.86. The fourth-order valence-corrected chi connectivity index (χ4v) is 6.53. The minimum atomic E-state index is -1.46. The van der Waals surface area contributed by atoms with Crippen molar-refractivity contribution in [1.29, 1.82) is 0 Å². The van der Waals surface area contributed by atoms with Gasteiger partial charge in [0.25, 0.3) is 0 Å². The van der Waals surface area contributed by atoms with Crippen molar-refractivity contribution in [2.45, 2.75) is 80.9 Å². The lowest BCUT2D eigenvalue weighted by molar-refractivity contribution is -0.214. The van der Waals surface area contributed by atoms with E-state index in [0.29, 0.717) is 6.04 Å². The standard InChI is InChI=1S/C34H40N2O7/c1-35-15-13-23(14-16-35)36-28-17-21(5-9-24-3-2-4-25(19-37)42-24)6-10-26(28)27-11-7-22(18-29(27)36)8-12-30-32(39)34(41)33(40)31(20-38)43-30/h6-7,10-11,17-18,23-25,30-34,37-41H,2-4,13-16,19-20H2,1H3/t24?,25?,30-,31-,32-,33-,34-/m1/s1. The van der Waals surface area contributed by atoms with Crippen molar-refractivity contribution < 1.29 is 35.0 Å². The van der Waals surface area contributed by atoms with Crippen LogP contribution in [0.15, 0.2) is 36.4 Å². The van der Waals surface area contributed by atoms with Crippen LogP contribution in [-0.2, 0) is 9.47 Å². The lowest BCUT2D eigenvalue weighted by Gasteiger charge is -2.37. The number of hydrogen-bond acceptors (Lipinski definition) is 8. The summed E-state index contributed by atoms with van der Waals surface area (Å²) in [6, 6.07) is 12.7. The van der Waals surface area contributed by atoms with Crippen LogP contribution in [0.1, 0.15) is 49.3 Å². The molecule has 0 saturated carbocycles.